The fourth-order valence-corrected chi connectivity index (χ4v) is 1.96. The molecule has 0 bridgehead atoms. The van der Waals surface area contributed by atoms with Crippen molar-refractivity contribution in [3.8, 4) is 5.69 Å². The first-order valence-corrected chi connectivity index (χ1v) is 6.84. The van der Waals surface area contributed by atoms with Crippen molar-refractivity contribution in [3.63, 3.8) is 0 Å². The lowest BCUT2D eigenvalue weighted by Crippen LogP contribution is -2.42. The molecule has 8 heteroatoms. The standard InChI is InChI=1S/C13H16ClN3O4/c14-6-10(18)12(20)13(21)11(19)9-7-15-17(16-9)8-4-2-1-3-5-8/h1-5,7,10-13,18-21H,6H2/t10-,11-,12-,13-/m1/s1. The molecule has 1 heterocycles. The molecule has 0 aliphatic rings. The summed E-state index contributed by atoms with van der Waals surface area (Å²) in [6.07, 6.45) is -4.77. The zero-order chi connectivity index (χ0) is 15.4. The molecule has 4 N–H and O–H groups in total. The summed E-state index contributed by atoms with van der Waals surface area (Å²) in [5, 5.41) is 46.9. The van der Waals surface area contributed by atoms with Gasteiger partial charge in [0, 0.05) is 0 Å². The van der Waals surface area contributed by atoms with Crippen LogP contribution in [0.2, 0.25) is 0 Å². The van der Waals surface area contributed by atoms with Gasteiger partial charge in [0.2, 0.25) is 0 Å². The minimum absolute atomic E-state index is 0.0761. The Bertz CT molecular complexity index is 566. The molecule has 0 saturated heterocycles. The predicted octanol–water partition coefficient (Wildman–Crippen LogP) is -0.378. The summed E-state index contributed by atoms with van der Waals surface area (Å²) in [6, 6.07) is 9.02. The SMILES string of the molecule is O[C@@H]([C@H](O)[C@H](O)c1cnn(-c2ccccc2)n1)[C@H](O)CCl. The maximum atomic E-state index is 9.98. The lowest BCUT2D eigenvalue weighted by atomic mass is 10.0. The van der Waals surface area contributed by atoms with Crippen molar-refractivity contribution in [2.75, 3.05) is 5.88 Å². The summed E-state index contributed by atoms with van der Waals surface area (Å²) in [5.41, 5.74) is 0.763. The van der Waals surface area contributed by atoms with E-state index in [1.807, 2.05) is 18.2 Å². The molecule has 114 valence electrons. The maximum absolute atomic E-state index is 9.98. The van der Waals surface area contributed by atoms with E-state index < -0.39 is 24.4 Å². The Morgan fingerprint density at radius 3 is 2.33 bits per heavy atom. The van der Waals surface area contributed by atoms with Crippen molar-refractivity contribution in [1.29, 1.82) is 0 Å². The van der Waals surface area contributed by atoms with Crippen molar-refractivity contribution >= 4 is 11.6 Å². The molecule has 1 aromatic heterocycles. The van der Waals surface area contributed by atoms with Gasteiger partial charge in [0.1, 0.15) is 24.0 Å². The third-order valence-electron chi connectivity index (χ3n) is 3.03. The highest BCUT2D eigenvalue weighted by atomic mass is 35.5. The van der Waals surface area contributed by atoms with Crippen LogP contribution in [0.3, 0.4) is 0 Å². The molecule has 1 aromatic carbocycles. The smallest absolute Gasteiger partial charge is 0.128 e. The molecule has 2 aromatic rings. The molecule has 0 saturated carbocycles. The normalized spacial score (nSPS) is 17.2. The third kappa shape index (κ3) is 3.58. The fraction of sp³-hybridized carbons (Fsp3) is 0.385. The highest BCUT2D eigenvalue weighted by Crippen LogP contribution is 2.19. The lowest BCUT2D eigenvalue weighted by Gasteiger charge is -2.24. The molecule has 0 aliphatic carbocycles. The number of aliphatic hydroxyl groups excluding tert-OH is 4. The summed E-state index contributed by atoms with van der Waals surface area (Å²) >= 11 is 5.39. The second-order valence-electron chi connectivity index (χ2n) is 4.54. The van der Waals surface area contributed by atoms with Gasteiger partial charge in [0.25, 0.3) is 0 Å². The zero-order valence-electron chi connectivity index (χ0n) is 11.0. The fourth-order valence-electron chi connectivity index (χ4n) is 1.78. The van der Waals surface area contributed by atoms with Crippen LogP contribution in [0.1, 0.15) is 11.8 Å². The second kappa shape index (κ2) is 6.97. The molecule has 4 atom stereocenters. The minimum Gasteiger partial charge on any atom is -0.389 e. The number of halogens is 1. The van der Waals surface area contributed by atoms with E-state index in [1.165, 1.54) is 11.0 Å². The average Bonchev–Trinajstić information content (AvgIpc) is 3.02. The van der Waals surface area contributed by atoms with E-state index in [0.717, 1.165) is 0 Å². The van der Waals surface area contributed by atoms with Crippen LogP contribution in [0.5, 0.6) is 0 Å². The summed E-state index contributed by atoms with van der Waals surface area (Å²) in [6.45, 7) is 0. The first-order valence-electron chi connectivity index (χ1n) is 6.30. The molecular weight excluding hydrogens is 298 g/mol. The van der Waals surface area contributed by atoms with E-state index in [-0.39, 0.29) is 11.6 Å². The topological polar surface area (TPSA) is 112 Å². The van der Waals surface area contributed by atoms with E-state index >= 15 is 0 Å². The molecule has 0 unspecified atom stereocenters. The molecule has 2 rings (SSSR count). The first kappa shape index (κ1) is 15.9. The Morgan fingerprint density at radius 1 is 1.05 bits per heavy atom. The van der Waals surface area contributed by atoms with Crippen molar-refractivity contribution in [1.82, 2.24) is 15.0 Å². The summed E-state index contributed by atoms with van der Waals surface area (Å²) < 4.78 is 0. The van der Waals surface area contributed by atoms with Gasteiger partial charge < -0.3 is 20.4 Å². The molecule has 0 aliphatic heterocycles. The number of para-hydroxylation sites is 1. The lowest BCUT2D eigenvalue weighted by molar-refractivity contribution is -0.101. The van der Waals surface area contributed by atoms with Crippen LogP contribution >= 0.6 is 11.6 Å². The molecule has 0 fully saturated rings. The van der Waals surface area contributed by atoms with E-state index in [2.05, 4.69) is 10.2 Å². The van der Waals surface area contributed by atoms with Gasteiger partial charge in [-0.15, -0.1) is 11.6 Å². The zero-order valence-corrected chi connectivity index (χ0v) is 11.7. The Morgan fingerprint density at radius 2 is 1.71 bits per heavy atom. The van der Waals surface area contributed by atoms with Crippen LogP contribution in [0.4, 0.5) is 0 Å². The summed E-state index contributed by atoms with van der Waals surface area (Å²) in [5.74, 6) is -0.262. The quantitative estimate of drug-likeness (QED) is 0.541. The predicted molar refractivity (Wildman–Crippen MR) is 75.1 cm³/mol. The Balaban J connectivity index is 2.14. The highest BCUT2D eigenvalue weighted by Gasteiger charge is 2.32. The number of aliphatic hydroxyl groups is 4. The molecule has 7 nitrogen and oxygen atoms in total. The molecular formula is C13H16ClN3O4. The van der Waals surface area contributed by atoms with Gasteiger partial charge in [-0.25, -0.2) is 0 Å². The van der Waals surface area contributed by atoms with Crippen molar-refractivity contribution in [2.24, 2.45) is 0 Å². The Hall–Kier alpha value is -1.51. The summed E-state index contributed by atoms with van der Waals surface area (Å²) in [7, 11) is 0. The van der Waals surface area contributed by atoms with Crippen molar-refractivity contribution in [2.45, 2.75) is 24.4 Å². The van der Waals surface area contributed by atoms with Gasteiger partial charge in [-0.05, 0) is 12.1 Å². The van der Waals surface area contributed by atoms with Gasteiger partial charge in [-0.3, -0.25) is 0 Å². The number of hydrogen-bond donors (Lipinski definition) is 4. The van der Waals surface area contributed by atoms with Gasteiger partial charge in [0.15, 0.2) is 0 Å². The van der Waals surface area contributed by atoms with Crippen LogP contribution in [0.15, 0.2) is 36.5 Å². The number of hydrogen-bond acceptors (Lipinski definition) is 6. The van der Waals surface area contributed by atoms with Crippen LogP contribution in [-0.4, -0.2) is 59.6 Å². The van der Waals surface area contributed by atoms with Crippen LogP contribution in [-0.2, 0) is 0 Å². The number of aromatic nitrogens is 3. The number of nitrogens with zero attached hydrogens (tertiary/aromatic N) is 3. The monoisotopic (exact) mass is 313 g/mol. The molecule has 21 heavy (non-hydrogen) atoms. The van der Waals surface area contributed by atoms with Crippen LogP contribution in [0, 0.1) is 0 Å². The van der Waals surface area contributed by atoms with E-state index in [0.29, 0.717) is 5.69 Å². The van der Waals surface area contributed by atoms with Gasteiger partial charge >= 0.3 is 0 Å². The molecule has 0 amide bonds. The Labute approximate surface area is 126 Å². The second-order valence-corrected chi connectivity index (χ2v) is 4.85. The average molecular weight is 314 g/mol. The van der Waals surface area contributed by atoms with Crippen LogP contribution < -0.4 is 0 Å². The van der Waals surface area contributed by atoms with Crippen LogP contribution in [0.25, 0.3) is 5.69 Å². The number of rotatable bonds is 6. The van der Waals surface area contributed by atoms with Gasteiger partial charge in [-0.2, -0.15) is 15.0 Å². The third-order valence-corrected chi connectivity index (χ3v) is 3.34. The van der Waals surface area contributed by atoms with Crippen molar-refractivity contribution in [3.05, 3.63) is 42.2 Å². The Kier molecular flexibility index (Phi) is 5.27. The van der Waals surface area contributed by atoms with E-state index in [1.54, 1.807) is 12.1 Å². The van der Waals surface area contributed by atoms with E-state index in [4.69, 9.17) is 11.6 Å². The first-order chi connectivity index (χ1) is 10.0. The van der Waals surface area contributed by atoms with Gasteiger partial charge in [-0.1, -0.05) is 18.2 Å². The minimum atomic E-state index is -1.63. The van der Waals surface area contributed by atoms with E-state index in [9.17, 15) is 20.4 Å². The highest BCUT2D eigenvalue weighted by molar-refractivity contribution is 6.18. The molecule has 0 radical (unpaired) electrons. The van der Waals surface area contributed by atoms with Crippen molar-refractivity contribution < 1.29 is 20.4 Å². The summed E-state index contributed by atoms with van der Waals surface area (Å²) in [4.78, 5) is 1.29. The largest absolute Gasteiger partial charge is 0.389 e. The maximum Gasteiger partial charge on any atom is 0.128 e. The number of benzene rings is 1. The molecule has 0 spiro atoms. The number of alkyl halides is 1. The van der Waals surface area contributed by atoms with Gasteiger partial charge in [0.05, 0.1) is 23.9 Å².